The average Bonchev–Trinajstić information content (AvgIpc) is 2.95. The Hall–Kier alpha value is -1.35. The van der Waals surface area contributed by atoms with E-state index in [1.807, 2.05) is 18.2 Å². The fourth-order valence-corrected chi connectivity index (χ4v) is 1.51. The van der Waals surface area contributed by atoms with Gasteiger partial charge < -0.3 is 11.1 Å². The molecule has 3 heteroatoms. The molecule has 0 spiro atoms. The van der Waals surface area contributed by atoms with Gasteiger partial charge in [0.15, 0.2) is 0 Å². The summed E-state index contributed by atoms with van der Waals surface area (Å²) < 4.78 is 0. The monoisotopic (exact) mass is 204 g/mol. The summed E-state index contributed by atoms with van der Waals surface area (Å²) in [6, 6.07) is 7.46. The molecule has 1 aliphatic rings. The molecular formula is C12H16N2O. The lowest BCUT2D eigenvalue weighted by Crippen LogP contribution is -2.27. The second-order valence-electron chi connectivity index (χ2n) is 4.48. The van der Waals surface area contributed by atoms with Gasteiger partial charge in [-0.15, -0.1) is 0 Å². The number of nitrogens with one attached hydrogen (secondary N) is 1. The smallest absolute Gasteiger partial charge is 0.248 e. The van der Waals surface area contributed by atoms with E-state index in [1.54, 1.807) is 6.07 Å². The summed E-state index contributed by atoms with van der Waals surface area (Å²) in [6.07, 6.45) is 2.48. The van der Waals surface area contributed by atoms with Crippen molar-refractivity contribution in [2.75, 3.05) is 0 Å². The minimum Gasteiger partial charge on any atom is -0.366 e. The van der Waals surface area contributed by atoms with Gasteiger partial charge in [0.05, 0.1) is 0 Å². The van der Waals surface area contributed by atoms with Crippen LogP contribution in [-0.2, 0) is 6.54 Å². The predicted molar refractivity (Wildman–Crippen MR) is 59.4 cm³/mol. The molecule has 0 saturated heterocycles. The normalized spacial score (nSPS) is 17.4. The quantitative estimate of drug-likeness (QED) is 0.779. The third-order valence-corrected chi connectivity index (χ3v) is 2.93. The van der Waals surface area contributed by atoms with Gasteiger partial charge in [-0.1, -0.05) is 12.1 Å². The number of carbonyl (C=O) groups is 1. The molecule has 3 N–H and O–H groups in total. The Morgan fingerprint density at radius 1 is 1.53 bits per heavy atom. The molecule has 15 heavy (non-hydrogen) atoms. The maximum Gasteiger partial charge on any atom is 0.248 e. The lowest BCUT2D eigenvalue weighted by Gasteiger charge is -2.11. The van der Waals surface area contributed by atoms with E-state index in [-0.39, 0.29) is 5.91 Å². The van der Waals surface area contributed by atoms with Crippen LogP contribution in [0.15, 0.2) is 24.3 Å². The molecule has 0 unspecified atom stereocenters. The van der Waals surface area contributed by atoms with Crippen molar-refractivity contribution in [1.29, 1.82) is 0 Å². The molecule has 3 nitrogen and oxygen atoms in total. The molecule has 2 rings (SSSR count). The lowest BCUT2D eigenvalue weighted by molar-refractivity contribution is 0.1000. The highest BCUT2D eigenvalue weighted by Gasteiger charge is 2.36. The van der Waals surface area contributed by atoms with Crippen molar-refractivity contribution >= 4 is 5.91 Å². The van der Waals surface area contributed by atoms with Crippen LogP contribution in [0.2, 0.25) is 0 Å². The zero-order valence-electron chi connectivity index (χ0n) is 8.92. The SMILES string of the molecule is CC1(NCc2cccc(C(N)=O)c2)CC1. The Kier molecular flexibility index (Phi) is 2.49. The fraction of sp³-hybridized carbons (Fsp3) is 0.417. The summed E-state index contributed by atoms with van der Waals surface area (Å²) in [5.74, 6) is -0.366. The van der Waals surface area contributed by atoms with Crippen molar-refractivity contribution in [3.63, 3.8) is 0 Å². The number of rotatable bonds is 4. The van der Waals surface area contributed by atoms with Gasteiger partial charge in [-0.3, -0.25) is 4.79 Å². The molecular weight excluding hydrogens is 188 g/mol. The van der Waals surface area contributed by atoms with E-state index in [9.17, 15) is 4.79 Å². The van der Waals surface area contributed by atoms with Crippen molar-refractivity contribution < 1.29 is 4.79 Å². The van der Waals surface area contributed by atoms with Crippen molar-refractivity contribution in [1.82, 2.24) is 5.32 Å². The summed E-state index contributed by atoms with van der Waals surface area (Å²) in [6.45, 7) is 3.02. The summed E-state index contributed by atoms with van der Waals surface area (Å²) >= 11 is 0. The van der Waals surface area contributed by atoms with E-state index < -0.39 is 0 Å². The molecule has 0 heterocycles. The number of carbonyl (C=O) groups excluding carboxylic acids is 1. The number of hydrogen-bond acceptors (Lipinski definition) is 2. The molecule has 1 aliphatic carbocycles. The van der Waals surface area contributed by atoms with E-state index in [0.29, 0.717) is 11.1 Å². The van der Waals surface area contributed by atoms with E-state index in [4.69, 9.17) is 5.73 Å². The standard InChI is InChI=1S/C12H16N2O/c1-12(5-6-12)14-8-9-3-2-4-10(7-9)11(13)15/h2-4,7,14H,5-6,8H2,1H3,(H2,13,15). The molecule has 1 fully saturated rings. The summed E-state index contributed by atoms with van der Waals surface area (Å²) in [5.41, 5.74) is 7.23. The van der Waals surface area contributed by atoms with Gasteiger partial charge in [0, 0.05) is 17.6 Å². The van der Waals surface area contributed by atoms with Gasteiger partial charge in [0.2, 0.25) is 5.91 Å². The van der Waals surface area contributed by atoms with E-state index in [2.05, 4.69) is 12.2 Å². The van der Waals surface area contributed by atoms with Crippen LogP contribution < -0.4 is 11.1 Å². The number of amides is 1. The van der Waals surface area contributed by atoms with E-state index >= 15 is 0 Å². The number of nitrogens with two attached hydrogens (primary N) is 1. The van der Waals surface area contributed by atoms with Gasteiger partial charge in [-0.25, -0.2) is 0 Å². The lowest BCUT2D eigenvalue weighted by atomic mass is 10.1. The Morgan fingerprint density at radius 2 is 2.27 bits per heavy atom. The third kappa shape index (κ3) is 2.57. The first-order chi connectivity index (χ1) is 7.09. The average molecular weight is 204 g/mol. The van der Waals surface area contributed by atoms with Crippen molar-refractivity contribution in [3.05, 3.63) is 35.4 Å². The number of hydrogen-bond donors (Lipinski definition) is 2. The van der Waals surface area contributed by atoms with Crippen LogP contribution in [0.25, 0.3) is 0 Å². The third-order valence-electron chi connectivity index (χ3n) is 2.93. The summed E-state index contributed by atoms with van der Waals surface area (Å²) in [4.78, 5) is 11.0. The van der Waals surface area contributed by atoms with E-state index in [0.717, 1.165) is 12.1 Å². The van der Waals surface area contributed by atoms with Crippen molar-refractivity contribution in [2.45, 2.75) is 31.8 Å². The molecule has 1 aromatic rings. The maximum absolute atomic E-state index is 11.0. The zero-order valence-corrected chi connectivity index (χ0v) is 8.92. The largest absolute Gasteiger partial charge is 0.366 e. The minimum atomic E-state index is -0.366. The highest BCUT2D eigenvalue weighted by Crippen LogP contribution is 2.34. The highest BCUT2D eigenvalue weighted by molar-refractivity contribution is 5.92. The number of benzene rings is 1. The topological polar surface area (TPSA) is 55.1 Å². The first-order valence-electron chi connectivity index (χ1n) is 5.23. The Morgan fingerprint density at radius 3 is 2.87 bits per heavy atom. The van der Waals surface area contributed by atoms with Gasteiger partial charge in [0.1, 0.15) is 0 Å². The molecule has 0 aliphatic heterocycles. The van der Waals surface area contributed by atoms with Crippen LogP contribution in [0, 0.1) is 0 Å². The molecule has 0 bridgehead atoms. The van der Waals surface area contributed by atoms with Crippen LogP contribution in [0.4, 0.5) is 0 Å². The molecule has 0 radical (unpaired) electrons. The molecule has 0 atom stereocenters. The highest BCUT2D eigenvalue weighted by atomic mass is 16.1. The predicted octanol–water partition coefficient (Wildman–Crippen LogP) is 1.43. The van der Waals surface area contributed by atoms with Gasteiger partial charge >= 0.3 is 0 Å². The van der Waals surface area contributed by atoms with Gasteiger partial charge in [0.25, 0.3) is 0 Å². The van der Waals surface area contributed by atoms with Crippen molar-refractivity contribution in [2.24, 2.45) is 5.73 Å². The second kappa shape index (κ2) is 3.66. The van der Waals surface area contributed by atoms with Crippen LogP contribution in [-0.4, -0.2) is 11.4 Å². The maximum atomic E-state index is 11.0. The first-order valence-corrected chi connectivity index (χ1v) is 5.23. The zero-order chi connectivity index (χ0) is 10.9. The van der Waals surface area contributed by atoms with E-state index in [1.165, 1.54) is 12.8 Å². The van der Waals surface area contributed by atoms with Crippen LogP contribution >= 0.6 is 0 Å². The Balaban J connectivity index is 2.01. The Labute approximate surface area is 89.7 Å². The molecule has 0 aromatic heterocycles. The molecule has 1 saturated carbocycles. The second-order valence-corrected chi connectivity index (χ2v) is 4.48. The minimum absolute atomic E-state index is 0.322. The fourth-order valence-electron chi connectivity index (χ4n) is 1.51. The van der Waals surface area contributed by atoms with Crippen molar-refractivity contribution in [3.8, 4) is 0 Å². The van der Waals surface area contributed by atoms with Crippen LogP contribution in [0.1, 0.15) is 35.7 Å². The van der Waals surface area contributed by atoms with Gasteiger partial charge in [-0.2, -0.15) is 0 Å². The summed E-state index contributed by atoms with van der Waals surface area (Å²) in [5, 5.41) is 3.46. The van der Waals surface area contributed by atoms with Gasteiger partial charge in [-0.05, 0) is 37.5 Å². The van der Waals surface area contributed by atoms with Crippen LogP contribution in [0.3, 0.4) is 0 Å². The number of primary amides is 1. The molecule has 1 amide bonds. The molecule has 1 aromatic carbocycles. The first kappa shape index (κ1) is 10.2. The summed E-state index contributed by atoms with van der Waals surface area (Å²) in [7, 11) is 0. The Bertz CT molecular complexity index is 383. The molecule has 80 valence electrons. The van der Waals surface area contributed by atoms with Crippen LogP contribution in [0.5, 0.6) is 0 Å².